The molecule has 0 saturated heterocycles. The van der Waals surface area contributed by atoms with Gasteiger partial charge in [0.1, 0.15) is 0 Å². The van der Waals surface area contributed by atoms with Gasteiger partial charge < -0.3 is 15.7 Å². The molecular weight excluding hydrogens is 232 g/mol. The van der Waals surface area contributed by atoms with Crippen molar-refractivity contribution >= 4 is 12.0 Å². The molecule has 1 aliphatic carbocycles. The average Bonchev–Trinajstić information content (AvgIpc) is 2.36. The van der Waals surface area contributed by atoms with Gasteiger partial charge in [0.25, 0.3) is 0 Å². The third-order valence-electron chi connectivity index (χ3n) is 3.43. The molecule has 0 aromatic heterocycles. The molecule has 2 amide bonds. The van der Waals surface area contributed by atoms with Crippen LogP contribution < -0.4 is 10.6 Å². The molecule has 0 heterocycles. The van der Waals surface area contributed by atoms with E-state index >= 15 is 0 Å². The summed E-state index contributed by atoms with van der Waals surface area (Å²) in [5.41, 5.74) is 0. The zero-order valence-corrected chi connectivity index (χ0v) is 11.0. The van der Waals surface area contributed by atoms with Crippen LogP contribution in [-0.2, 0) is 4.79 Å². The summed E-state index contributed by atoms with van der Waals surface area (Å²) in [4.78, 5) is 22.3. The lowest BCUT2D eigenvalue weighted by atomic mass is 9.94. The molecule has 0 radical (unpaired) electrons. The summed E-state index contributed by atoms with van der Waals surface area (Å²) < 4.78 is 0. The Bertz CT molecular complexity index is 328. The van der Waals surface area contributed by atoms with E-state index < -0.39 is 11.9 Å². The molecule has 1 aliphatic rings. The molecule has 0 aromatic rings. The second kappa shape index (κ2) is 7.03. The molecular formula is C13H22N2O3. The average molecular weight is 254 g/mol. The molecule has 5 nitrogen and oxygen atoms in total. The van der Waals surface area contributed by atoms with Crippen molar-refractivity contribution < 1.29 is 14.7 Å². The lowest BCUT2D eigenvalue weighted by Gasteiger charge is -2.21. The summed E-state index contributed by atoms with van der Waals surface area (Å²) in [6.07, 6.45) is 7.47. The van der Waals surface area contributed by atoms with Crippen LogP contribution in [0.1, 0.15) is 33.1 Å². The van der Waals surface area contributed by atoms with Crippen LogP contribution in [-0.4, -0.2) is 29.7 Å². The predicted octanol–water partition coefficient (Wildman–Crippen LogP) is 1.75. The van der Waals surface area contributed by atoms with Gasteiger partial charge in [-0.15, -0.1) is 0 Å². The number of urea groups is 1. The topological polar surface area (TPSA) is 78.4 Å². The van der Waals surface area contributed by atoms with Gasteiger partial charge in [-0.25, -0.2) is 4.79 Å². The molecule has 0 spiro atoms. The van der Waals surface area contributed by atoms with Crippen molar-refractivity contribution in [3.05, 3.63) is 12.2 Å². The highest BCUT2D eigenvalue weighted by atomic mass is 16.4. The molecule has 0 bridgehead atoms. The molecule has 3 atom stereocenters. The van der Waals surface area contributed by atoms with E-state index in [1.54, 1.807) is 13.8 Å². The third-order valence-corrected chi connectivity index (χ3v) is 3.43. The van der Waals surface area contributed by atoms with Gasteiger partial charge in [-0.05, 0) is 39.0 Å². The quantitative estimate of drug-likeness (QED) is 0.654. The monoisotopic (exact) mass is 254 g/mol. The standard InChI is InChI=1S/C13H22N2O3/c1-9(12(16)17)10(2)15-13(18)14-8-11-6-4-3-5-7-11/h3-4,9-11H,5-8H2,1-2H3,(H,16,17)(H2,14,15,18). The van der Waals surface area contributed by atoms with Crippen LogP contribution in [0, 0.1) is 11.8 Å². The number of aliphatic carboxylic acids is 1. The third kappa shape index (κ3) is 4.77. The smallest absolute Gasteiger partial charge is 0.315 e. The van der Waals surface area contributed by atoms with Gasteiger partial charge in [0.05, 0.1) is 5.92 Å². The number of carbonyl (C=O) groups is 2. The Kier molecular flexibility index (Phi) is 5.68. The maximum atomic E-state index is 11.6. The van der Waals surface area contributed by atoms with E-state index in [2.05, 4.69) is 22.8 Å². The second-order valence-corrected chi connectivity index (χ2v) is 4.92. The minimum absolute atomic E-state index is 0.287. The fourth-order valence-corrected chi connectivity index (χ4v) is 1.88. The first-order valence-corrected chi connectivity index (χ1v) is 6.43. The highest BCUT2D eigenvalue weighted by Crippen LogP contribution is 2.16. The van der Waals surface area contributed by atoms with Crippen molar-refractivity contribution in [1.29, 1.82) is 0 Å². The Labute approximate surface area is 108 Å². The van der Waals surface area contributed by atoms with E-state index in [1.807, 2.05) is 0 Å². The van der Waals surface area contributed by atoms with Crippen LogP contribution in [0.3, 0.4) is 0 Å². The lowest BCUT2D eigenvalue weighted by Crippen LogP contribution is -2.46. The Morgan fingerprint density at radius 3 is 2.67 bits per heavy atom. The van der Waals surface area contributed by atoms with Crippen molar-refractivity contribution in [3.63, 3.8) is 0 Å². The van der Waals surface area contributed by atoms with Crippen molar-refractivity contribution in [2.45, 2.75) is 39.2 Å². The molecule has 18 heavy (non-hydrogen) atoms. The lowest BCUT2D eigenvalue weighted by molar-refractivity contribution is -0.141. The summed E-state index contributed by atoms with van der Waals surface area (Å²) in [6.45, 7) is 3.92. The first kappa shape index (κ1) is 14.5. The van der Waals surface area contributed by atoms with E-state index in [0.29, 0.717) is 12.5 Å². The minimum Gasteiger partial charge on any atom is -0.481 e. The molecule has 0 aliphatic heterocycles. The number of nitrogens with one attached hydrogen (secondary N) is 2. The van der Waals surface area contributed by atoms with Crippen LogP contribution in [0.5, 0.6) is 0 Å². The van der Waals surface area contributed by atoms with Gasteiger partial charge >= 0.3 is 12.0 Å². The van der Waals surface area contributed by atoms with E-state index in [1.165, 1.54) is 0 Å². The van der Waals surface area contributed by atoms with Gasteiger partial charge in [-0.1, -0.05) is 12.2 Å². The van der Waals surface area contributed by atoms with Crippen molar-refractivity contribution in [2.24, 2.45) is 11.8 Å². The van der Waals surface area contributed by atoms with Gasteiger partial charge in [0, 0.05) is 12.6 Å². The maximum Gasteiger partial charge on any atom is 0.315 e. The fraction of sp³-hybridized carbons (Fsp3) is 0.692. The number of carboxylic acid groups (broad SMARTS) is 1. The largest absolute Gasteiger partial charge is 0.481 e. The number of hydrogen-bond donors (Lipinski definition) is 3. The number of rotatable bonds is 5. The first-order valence-electron chi connectivity index (χ1n) is 6.43. The fourth-order valence-electron chi connectivity index (χ4n) is 1.88. The predicted molar refractivity (Wildman–Crippen MR) is 69.3 cm³/mol. The van der Waals surface area contributed by atoms with Crippen molar-refractivity contribution in [3.8, 4) is 0 Å². The Morgan fingerprint density at radius 2 is 2.11 bits per heavy atom. The Hall–Kier alpha value is -1.52. The minimum atomic E-state index is -0.903. The van der Waals surface area contributed by atoms with Crippen LogP contribution in [0.2, 0.25) is 0 Å². The van der Waals surface area contributed by atoms with Crippen molar-refractivity contribution in [1.82, 2.24) is 10.6 Å². The van der Waals surface area contributed by atoms with E-state index in [4.69, 9.17) is 5.11 Å². The number of amides is 2. The molecule has 0 fully saturated rings. The maximum absolute atomic E-state index is 11.6. The van der Waals surface area contributed by atoms with Crippen LogP contribution >= 0.6 is 0 Å². The van der Waals surface area contributed by atoms with Crippen molar-refractivity contribution in [2.75, 3.05) is 6.54 Å². The number of carbonyl (C=O) groups excluding carboxylic acids is 1. The van der Waals surface area contributed by atoms with Gasteiger partial charge in [-0.3, -0.25) is 4.79 Å². The number of hydrogen-bond acceptors (Lipinski definition) is 2. The summed E-state index contributed by atoms with van der Waals surface area (Å²) in [5, 5.41) is 14.3. The Balaban J connectivity index is 2.24. The molecule has 0 aromatic carbocycles. The molecule has 102 valence electrons. The molecule has 1 rings (SSSR count). The van der Waals surface area contributed by atoms with Gasteiger partial charge in [0.15, 0.2) is 0 Å². The molecule has 0 saturated carbocycles. The summed E-state index contributed by atoms with van der Waals surface area (Å²) in [5.74, 6) is -0.999. The van der Waals surface area contributed by atoms with Crippen LogP contribution in [0.15, 0.2) is 12.2 Å². The zero-order chi connectivity index (χ0) is 13.5. The molecule has 3 N–H and O–H groups in total. The summed E-state index contributed by atoms with van der Waals surface area (Å²) in [6, 6.07) is -0.668. The molecule has 3 unspecified atom stereocenters. The Morgan fingerprint density at radius 1 is 1.39 bits per heavy atom. The van der Waals surface area contributed by atoms with Gasteiger partial charge in [0.2, 0.25) is 0 Å². The van der Waals surface area contributed by atoms with Gasteiger partial charge in [-0.2, -0.15) is 0 Å². The first-order chi connectivity index (χ1) is 8.50. The zero-order valence-electron chi connectivity index (χ0n) is 11.0. The van der Waals surface area contributed by atoms with Crippen LogP contribution in [0.4, 0.5) is 4.79 Å². The highest BCUT2D eigenvalue weighted by Gasteiger charge is 2.21. The van der Waals surface area contributed by atoms with E-state index in [-0.39, 0.29) is 12.1 Å². The normalized spacial score (nSPS) is 22.0. The highest BCUT2D eigenvalue weighted by molar-refractivity contribution is 5.76. The van der Waals surface area contributed by atoms with E-state index in [0.717, 1.165) is 19.3 Å². The van der Waals surface area contributed by atoms with E-state index in [9.17, 15) is 9.59 Å². The SMILES string of the molecule is CC(NC(=O)NCC1CC=CCC1)C(C)C(=O)O. The summed E-state index contributed by atoms with van der Waals surface area (Å²) in [7, 11) is 0. The van der Waals surface area contributed by atoms with Crippen LogP contribution in [0.25, 0.3) is 0 Å². The summed E-state index contributed by atoms with van der Waals surface area (Å²) >= 11 is 0. The second-order valence-electron chi connectivity index (χ2n) is 4.92. The molecule has 5 heteroatoms. The number of carboxylic acids is 1. The number of allylic oxidation sites excluding steroid dienone is 2.